The Bertz CT molecular complexity index is 1160. The number of amides is 1. The molecule has 0 saturated carbocycles. The van der Waals surface area contributed by atoms with Crippen LogP contribution in [0.4, 0.5) is 0 Å². The van der Waals surface area contributed by atoms with Gasteiger partial charge in [-0.1, -0.05) is 59.2 Å². The molecule has 0 spiro atoms. The lowest BCUT2D eigenvalue weighted by Gasteiger charge is -2.29. The monoisotopic (exact) mass is 459 g/mol. The highest BCUT2D eigenvalue weighted by atomic mass is 16.6. The molecule has 8 nitrogen and oxygen atoms in total. The van der Waals surface area contributed by atoms with E-state index in [1.54, 1.807) is 4.90 Å². The van der Waals surface area contributed by atoms with Gasteiger partial charge in [-0.15, -0.1) is 0 Å². The van der Waals surface area contributed by atoms with Crippen molar-refractivity contribution in [2.75, 3.05) is 27.2 Å². The quantitative estimate of drug-likeness (QED) is 0.523. The Hall–Kier alpha value is -3.52. The van der Waals surface area contributed by atoms with Gasteiger partial charge < -0.3 is 14.3 Å². The topological polar surface area (TPSA) is 84.1 Å². The molecule has 3 heterocycles. The predicted octanol–water partition coefficient (Wildman–Crippen LogP) is 4.48. The van der Waals surface area contributed by atoms with E-state index in [4.69, 9.17) is 14.3 Å². The minimum atomic E-state index is -0.346. The molecule has 0 radical (unpaired) electrons. The smallest absolute Gasteiger partial charge is 0.254 e. The summed E-state index contributed by atoms with van der Waals surface area (Å²) < 4.78 is 5.67. The third kappa shape index (κ3) is 4.46. The van der Waals surface area contributed by atoms with Crippen LogP contribution in [-0.4, -0.2) is 58.8 Å². The van der Waals surface area contributed by atoms with E-state index in [-0.39, 0.29) is 18.0 Å². The third-order valence-electron chi connectivity index (χ3n) is 6.69. The first-order valence-electron chi connectivity index (χ1n) is 11.7. The van der Waals surface area contributed by atoms with Crippen molar-refractivity contribution < 1.29 is 14.2 Å². The predicted molar refractivity (Wildman–Crippen MR) is 128 cm³/mol. The Morgan fingerprint density at radius 3 is 2.56 bits per heavy atom. The molecule has 2 saturated heterocycles. The number of carbonyl (C=O) groups excluding carboxylic acids is 1. The van der Waals surface area contributed by atoms with Crippen molar-refractivity contribution in [3.8, 4) is 11.1 Å². The first-order valence-corrected chi connectivity index (χ1v) is 11.7. The zero-order valence-corrected chi connectivity index (χ0v) is 19.6. The van der Waals surface area contributed by atoms with E-state index >= 15 is 0 Å². The van der Waals surface area contributed by atoms with Crippen LogP contribution in [0, 0.1) is 0 Å². The van der Waals surface area contributed by atoms with Crippen LogP contribution in [0.5, 0.6) is 0 Å². The van der Waals surface area contributed by atoms with Crippen molar-refractivity contribution in [1.82, 2.24) is 19.9 Å². The number of carbonyl (C=O) groups is 1. The van der Waals surface area contributed by atoms with Gasteiger partial charge in [0, 0.05) is 12.0 Å². The van der Waals surface area contributed by atoms with Gasteiger partial charge in [0.1, 0.15) is 13.2 Å². The molecule has 1 aromatic heterocycles. The molecule has 34 heavy (non-hydrogen) atoms. The number of benzene rings is 2. The van der Waals surface area contributed by atoms with E-state index < -0.39 is 0 Å². The second kappa shape index (κ2) is 9.77. The van der Waals surface area contributed by atoms with Gasteiger partial charge in [-0.3, -0.25) is 9.69 Å². The fourth-order valence-electron chi connectivity index (χ4n) is 4.85. The van der Waals surface area contributed by atoms with Crippen LogP contribution in [-0.2, 0) is 4.84 Å². The molecular formula is C26H29N5O3. The fraction of sp³-hybridized carbons (Fsp3) is 0.385. The van der Waals surface area contributed by atoms with Crippen molar-refractivity contribution >= 4 is 11.6 Å². The summed E-state index contributed by atoms with van der Waals surface area (Å²) in [6.45, 7) is 1.38. The summed E-state index contributed by atoms with van der Waals surface area (Å²) in [6.07, 6.45) is 3.83. The lowest BCUT2D eigenvalue weighted by molar-refractivity contribution is 0.0732. The van der Waals surface area contributed by atoms with E-state index in [1.165, 1.54) is 13.5 Å². The van der Waals surface area contributed by atoms with Crippen LogP contribution in [0.15, 0.2) is 64.3 Å². The second-order valence-corrected chi connectivity index (χ2v) is 8.92. The molecule has 2 unspecified atom stereocenters. The average molecular weight is 460 g/mol. The Balaban J connectivity index is 1.39. The number of nitrogens with zero attached hydrogens (tertiary/aromatic N) is 5. The number of aromatic nitrogens is 2. The van der Waals surface area contributed by atoms with Crippen molar-refractivity contribution in [2.24, 2.45) is 5.16 Å². The first kappa shape index (κ1) is 22.3. The molecule has 176 valence electrons. The van der Waals surface area contributed by atoms with Gasteiger partial charge >= 0.3 is 0 Å². The summed E-state index contributed by atoms with van der Waals surface area (Å²) in [4.78, 5) is 27.3. The molecule has 2 aliphatic heterocycles. The van der Waals surface area contributed by atoms with Gasteiger partial charge in [0.05, 0.1) is 18.3 Å². The van der Waals surface area contributed by atoms with Gasteiger partial charge in [-0.05, 0) is 49.7 Å². The Kier molecular flexibility index (Phi) is 6.40. The Morgan fingerprint density at radius 1 is 1.06 bits per heavy atom. The summed E-state index contributed by atoms with van der Waals surface area (Å²) in [6, 6.07) is 17.6. The van der Waals surface area contributed by atoms with E-state index in [0.29, 0.717) is 30.2 Å². The highest BCUT2D eigenvalue weighted by molar-refractivity contribution is 6.00. The SMILES string of the molecule is CON=C1CC(c2noc(C3CCCCN3C)n2)N(C(=O)c2ccc(-c3ccccc3)cc2)C1. The second-order valence-electron chi connectivity index (χ2n) is 8.92. The van der Waals surface area contributed by atoms with E-state index in [9.17, 15) is 4.79 Å². The fourth-order valence-corrected chi connectivity index (χ4v) is 4.85. The van der Waals surface area contributed by atoms with E-state index in [2.05, 4.69) is 34.4 Å². The summed E-state index contributed by atoms with van der Waals surface area (Å²) >= 11 is 0. The summed E-state index contributed by atoms with van der Waals surface area (Å²) in [5.41, 5.74) is 3.57. The van der Waals surface area contributed by atoms with Crippen LogP contribution in [0.25, 0.3) is 11.1 Å². The number of piperidine rings is 1. The highest BCUT2D eigenvalue weighted by Gasteiger charge is 2.38. The molecule has 0 bridgehead atoms. The van der Waals surface area contributed by atoms with E-state index in [0.717, 1.165) is 36.2 Å². The minimum Gasteiger partial charge on any atom is -0.399 e. The van der Waals surface area contributed by atoms with Crippen molar-refractivity contribution in [1.29, 1.82) is 0 Å². The zero-order valence-electron chi connectivity index (χ0n) is 19.6. The van der Waals surface area contributed by atoms with Crippen LogP contribution >= 0.6 is 0 Å². The lowest BCUT2D eigenvalue weighted by Crippen LogP contribution is -2.32. The molecule has 3 aromatic rings. The van der Waals surface area contributed by atoms with Gasteiger partial charge in [0.25, 0.3) is 5.91 Å². The largest absolute Gasteiger partial charge is 0.399 e. The maximum absolute atomic E-state index is 13.5. The van der Waals surface area contributed by atoms with E-state index in [1.807, 2.05) is 42.5 Å². The van der Waals surface area contributed by atoms with Crippen LogP contribution < -0.4 is 0 Å². The van der Waals surface area contributed by atoms with Crippen molar-refractivity contribution in [3.05, 3.63) is 71.9 Å². The summed E-state index contributed by atoms with van der Waals surface area (Å²) in [5, 5.41) is 8.40. The molecule has 2 atom stereocenters. The number of likely N-dealkylation sites (tertiary alicyclic amines) is 2. The van der Waals surface area contributed by atoms with Gasteiger partial charge in [-0.25, -0.2) is 0 Å². The molecule has 2 aromatic carbocycles. The number of rotatable bonds is 5. The van der Waals surface area contributed by atoms with Gasteiger partial charge in [0.15, 0.2) is 5.82 Å². The molecular weight excluding hydrogens is 430 g/mol. The molecule has 1 amide bonds. The number of hydrogen-bond acceptors (Lipinski definition) is 7. The van der Waals surface area contributed by atoms with Gasteiger partial charge in [0.2, 0.25) is 5.89 Å². The molecule has 0 N–H and O–H groups in total. The molecule has 2 aliphatic rings. The Morgan fingerprint density at radius 2 is 1.82 bits per heavy atom. The molecule has 8 heteroatoms. The zero-order chi connectivity index (χ0) is 23.5. The van der Waals surface area contributed by atoms with Crippen LogP contribution in [0.2, 0.25) is 0 Å². The Labute approximate surface area is 199 Å². The number of hydrogen-bond donors (Lipinski definition) is 0. The third-order valence-corrected chi connectivity index (χ3v) is 6.69. The van der Waals surface area contributed by atoms with Crippen molar-refractivity contribution in [2.45, 2.75) is 37.8 Å². The van der Waals surface area contributed by atoms with Crippen LogP contribution in [0.1, 0.15) is 59.8 Å². The lowest BCUT2D eigenvalue weighted by atomic mass is 10.0. The van der Waals surface area contributed by atoms with Crippen molar-refractivity contribution in [3.63, 3.8) is 0 Å². The standard InChI is InChI=1S/C26H29N5O3/c1-30-15-7-6-10-22(30)25-27-24(29-34-25)23-16-21(28-33-2)17-31(23)26(32)20-13-11-19(12-14-20)18-8-4-3-5-9-18/h3-5,8-9,11-14,22-23H,6-7,10,15-17H2,1-2H3. The maximum atomic E-state index is 13.5. The van der Waals surface area contributed by atoms with Crippen LogP contribution in [0.3, 0.4) is 0 Å². The molecule has 2 fully saturated rings. The minimum absolute atomic E-state index is 0.0907. The molecule has 5 rings (SSSR count). The first-order chi connectivity index (χ1) is 16.6. The summed E-state index contributed by atoms with van der Waals surface area (Å²) in [5.74, 6) is 1.05. The summed E-state index contributed by atoms with van der Waals surface area (Å²) in [7, 11) is 3.60. The maximum Gasteiger partial charge on any atom is 0.254 e. The highest BCUT2D eigenvalue weighted by Crippen LogP contribution is 2.34. The normalized spacial score (nSPS) is 22.3. The molecule has 0 aliphatic carbocycles. The average Bonchev–Trinajstić information content (AvgIpc) is 3.52. The number of oxime groups is 1. The van der Waals surface area contributed by atoms with Gasteiger partial charge in [-0.2, -0.15) is 4.98 Å².